The summed E-state index contributed by atoms with van der Waals surface area (Å²) in [4.78, 5) is 4.25. The molecular formula is C15H16N4. The Hall–Kier alpha value is -2.36. The minimum Gasteiger partial charge on any atom is -0.333 e. The molecule has 1 aliphatic heterocycles. The van der Waals surface area contributed by atoms with Gasteiger partial charge in [0.05, 0.1) is 17.1 Å². The number of hydrogen-bond donors (Lipinski definition) is 0. The maximum Gasteiger partial charge on any atom is 0.218 e. The first-order valence-electron chi connectivity index (χ1n) is 6.28. The van der Waals surface area contributed by atoms with Crippen LogP contribution in [0.25, 0.3) is 0 Å². The van der Waals surface area contributed by atoms with Gasteiger partial charge < -0.3 is 9.80 Å². The third kappa shape index (κ3) is 2.05. The second-order valence-corrected chi connectivity index (χ2v) is 4.61. The number of hydrogen-bond acceptors (Lipinski definition) is 4. The van der Waals surface area contributed by atoms with Gasteiger partial charge in [0.15, 0.2) is 0 Å². The number of nitrogens with zero attached hydrogens (tertiary/aromatic N) is 4. The lowest BCUT2D eigenvalue weighted by Gasteiger charge is -2.22. The molecule has 4 heteroatoms. The molecule has 0 N–H and O–H groups in total. The molecule has 0 saturated heterocycles. The Morgan fingerprint density at radius 1 is 0.789 bits per heavy atom. The molecule has 3 rings (SSSR count). The summed E-state index contributed by atoms with van der Waals surface area (Å²) in [6.45, 7) is 0. The average molecular weight is 252 g/mol. The van der Waals surface area contributed by atoms with Crippen molar-refractivity contribution in [2.75, 3.05) is 23.9 Å². The second-order valence-electron chi connectivity index (χ2n) is 4.61. The predicted octanol–water partition coefficient (Wildman–Crippen LogP) is 3.64. The molecule has 19 heavy (non-hydrogen) atoms. The molecule has 0 bridgehead atoms. The van der Waals surface area contributed by atoms with E-state index >= 15 is 0 Å². The number of fused-ring (bicyclic) bond motifs is 1. The van der Waals surface area contributed by atoms with Gasteiger partial charge in [-0.25, -0.2) is 0 Å². The molecule has 2 aromatic carbocycles. The van der Waals surface area contributed by atoms with Gasteiger partial charge in [-0.2, -0.15) is 5.11 Å². The maximum absolute atomic E-state index is 4.45. The second kappa shape index (κ2) is 4.72. The Morgan fingerprint density at radius 2 is 1.32 bits per heavy atom. The van der Waals surface area contributed by atoms with E-state index in [0.717, 1.165) is 5.69 Å². The zero-order valence-corrected chi connectivity index (χ0v) is 11.1. The topological polar surface area (TPSA) is 31.2 Å². The van der Waals surface area contributed by atoms with E-state index in [1.807, 2.05) is 56.6 Å². The highest BCUT2D eigenvalue weighted by Gasteiger charge is 2.30. The van der Waals surface area contributed by atoms with Crippen molar-refractivity contribution in [2.45, 2.75) is 6.29 Å². The average Bonchev–Trinajstić information content (AvgIpc) is 2.71. The Bertz CT molecular complexity index is 565. The van der Waals surface area contributed by atoms with Crippen LogP contribution in [0.5, 0.6) is 0 Å². The summed E-state index contributed by atoms with van der Waals surface area (Å²) in [6, 6.07) is 18.1. The molecule has 0 amide bonds. The summed E-state index contributed by atoms with van der Waals surface area (Å²) < 4.78 is 0. The SMILES string of the molecule is CN1c2ccccc2N(C)C1N=Nc1ccccc1. The molecule has 0 aliphatic carbocycles. The van der Waals surface area contributed by atoms with E-state index in [1.54, 1.807) is 0 Å². The molecule has 0 aromatic heterocycles. The summed E-state index contributed by atoms with van der Waals surface area (Å²) in [5.74, 6) is 0. The smallest absolute Gasteiger partial charge is 0.218 e. The van der Waals surface area contributed by atoms with Crippen molar-refractivity contribution in [2.24, 2.45) is 10.2 Å². The van der Waals surface area contributed by atoms with E-state index in [2.05, 4.69) is 32.2 Å². The summed E-state index contributed by atoms with van der Waals surface area (Å²) in [6.07, 6.45) is -0.0855. The van der Waals surface area contributed by atoms with E-state index in [0.29, 0.717) is 0 Å². The Balaban J connectivity index is 1.86. The van der Waals surface area contributed by atoms with Crippen LogP contribution in [0.2, 0.25) is 0 Å². The van der Waals surface area contributed by atoms with Crippen molar-refractivity contribution in [1.29, 1.82) is 0 Å². The van der Waals surface area contributed by atoms with E-state index < -0.39 is 0 Å². The number of para-hydroxylation sites is 2. The van der Waals surface area contributed by atoms with Crippen LogP contribution in [0.4, 0.5) is 17.1 Å². The lowest BCUT2D eigenvalue weighted by atomic mass is 10.3. The van der Waals surface area contributed by atoms with E-state index in [1.165, 1.54) is 11.4 Å². The highest BCUT2D eigenvalue weighted by Crippen LogP contribution is 2.37. The highest BCUT2D eigenvalue weighted by atomic mass is 15.5. The third-order valence-corrected chi connectivity index (χ3v) is 3.37. The van der Waals surface area contributed by atoms with Crippen LogP contribution in [-0.4, -0.2) is 20.4 Å². The first-order chi connectivity index (χ1) is 9.27. The monoisotopic (exact) mass is 252 g/mol. The van der Waals surface area contributed by atoms with Crippen molar-refractivity contribution < 1.29 is 0 Å². The van der Waals surface area contributed by atoms with Gasteiger partial charge >= 0.3 is 0 Å². The van der Waals surface area contributed by atoms with Crippen molar-refractivity contribution in [3.8, 4) is 0 Å². The van der Waals surface area contributed by atoms with Gasteiger partial charge in [0.2, 0.25) is 6.29 Å². The van der Waals surface area contributed by atoms with Gasteiger partial charge in [-0.1, -0.05) is 30.3 Å². The fourth-order valence-corrected chi connectivity index (χ4v) is 2.34. The standard InChI is InChI=1S/C15H16N4/c1-18-13-10-6-7-11-14(13)19(2)15(18)17-16-12-8-4-3-5-9-12/h3-11,15H,1-2H3. The van der Waals surface area contributed by atoms with Crippen molar-refractivity contribution in [3.63, 3.8) is 0 Å². The van der Waals surface area contributed by atoms with Gasteiger partial charge in [-0.15, -0.1) is 5.11 Å². The lowest BCUT2D eigenvalue weighted by molar-refractivity contribution is 0.649. The minimum atomic E-state index is -0.0855. The Labute approximate surface area is 113 Å². The van der Waals surface area contributed by atoms with Crippen molar-refractivity contribution in [1.82, 2.24) is 0 Å². The number of rotatable bonds is 2. The number of anilines is 2. The molecule has 0 saturated carbocycles. The van der Waals surface area contributed by atoms with Crippen molar-refractivity contribution in [3.05, 3.63) is 54.6 Å². The first-order valence-corrected chi connectivity index (χ1v) is 6.28. The van der Waals surface area contributed by atoms with Gasteiger partial charge in [0, 0.05) is 14.1 Å². The molecule has 0 atom stereocenters. The van der Waals surface area contributed by atoms with Crippen LogP contribution in [0.1, 0.15) is 0 Å². The molecule has 1 aliphatic rings. The molecule has 0 fully saturated rings. The van der Waals surface area contributed by atoms with Crippen LogP contribution in [0, 0.1) is 0 Å². The fourth-order valence-electron chi connectivity index (χ4n) is 2.34. The molecule has 0 radical (unpaired) electrons. The van der Waals surface area contributed by atoms with E-state index in [-0.39, 0.29) is 6.29 Å². The van der Waals surface area contributed by atoms with Crippen LogP contribution >= 0.6 is 0 Å². The molecule has 0 spiro atoms. The highest BCUT2D eigenvalue weighted by molar-refractivity contribution is 5.76. The summed E-state index contributed by atoms with van der Waals surface area (Å²) in [7, 11) is 4.08. The lowest BCUT2D eigenvalue weighted by Crippen LogP contribution is -2.36. The summed E-state index contributed by atoms with van der Waals surface area (Å²) in [5, 5.41) is 8.76. The molecule has 2 aromatic rings. The zero-order chi connectivity index (χ0) is 13.2. The van der Waals surface area contributed by atoms with Gasteiger partial charge in [0.25, 0.3) is 0 Å². The maximum atomic E-state index is 4.45. The Kier molecular flexibility index (Phi) is 2.91. The first kappa shape index (κ1) is 11.7. The molecule has 4 nitrogen and oxygen atoms in total. The molecule has 1 heterocycles. The third-order valence-electron chi connectivity index (χ3n) is 3.37. The van der Waals surface area contributed by atoms with Crippen LogP contribution in [0.15, 0.2) is 64.8 Å². The van der Waals surface area contributed by atoms with Crippen molar-refractivity contribution >= 4 is 17.1 Å². The van der Waals surface area contributed by atoms with Crippen LogP contribution in [-0.2, 0) is 0 Å². The quantitative estimate of drug-likeness (QED) is 0.764. The summed E-state index contributed by atoms with van der Waals surface area (Å²) >= 11 is 0. The Morgan fingerprint density at radius 3 is 1.89 bits per heavy atom. The van der Waals surface area contributed by atoms with Crippen LogP contribution < -0.4 is 9.80 Å². The number of benzene rings is 2. The largest absolute Gasteiger partial charge is 0.333 e. The molecule has 96 valence electrons. The van der Waals surface area contributed by atoms with Gasteiger partial charge in [0.1, 0.15) is 0 Å². The van der Waals surface area contributed by atoms with E-state index in [9.17, 15) is 0 Å². The number of azo groups is 1. The predicted molar refractivity (Wildman–Crippen MR) is 78.0 cm³/mol. The van der Waals surface area contributed by atoms with Crippen LogP contribution in [0.3, 0.4) is 0 Å². The minimum absolute atomic E-state index is 0.0855. The zero-order valence-electron chi connectivity index (χ0n) is 11.1. The molecule has 0 unspecified atom stereocenters. The fraction of sp³-hybridized carbons (Fsp3) is 0.200. The molecular weight excluding hydrogens is 236 g/mol. The van der Waals surface area contributed by atoms with Gasteiger partial charge in [-0.05, 0) is 24.3 Å². The normalized spacial score (nSPS) is 15.3. The van der Waals surface area contributed by atoms with E-state index in [4.69, 9.17) is 0 Å². The van der Waals surface area contributed by atoms with Gasteiger partial charge in [-0.3, -0.25) is 0 Å². The summed E-state index contributed by atoms with van der Waals surface area (Å²) in [5.41, 5.74) is 3.24.